The molecule has 5 heteroatoms. The third-order valence-electron chi connectivity index (χ3n) is 8.67. The lowest BCUT2D eigenvalue weighted by Crippen LogP contribution is -2.46. The molecule has 2 heterocycles. The molecule has 0 saturated carbocycles. The zero-order valence-corrected chi connectivity index (χ0v) is 21.4. The van der Waals surface area contributed by atoms with Crippen molar-refractivity contribution in [1.82, 2.24) is 4.90 Å². The van der Waals surface area contributed by atoms with E-state index in [0.717, 1.165) is 36.3 Å². The summed E-state index contributed by atoms with van der Waals surface area (Å²) in [6, 6.07) is 24.4. The Morgan fingerprint density at radius 3 is 1.72 bits per heavy atom. The van der Waals surface area contributed by atoms with Crippen LogP contribution >= 0.6 is 0 Å². The molecule has 36 heavy (non-hydrogen) atoms. The normalized spacial score (nSPS) is 24.3. The van der Waals surface area contributed by atoms with Crippen LogP contribution in [0.3, 0.4) is 0 Å². The van der Waals surface area contributed by atoms with Gasteiger partial charge in [0.25, 0.3) is 0 Å². The molecule has 3 aliphatic rings. The average molecular weight is 480 g/mol. The van der Waals surface area contributed by atoms with E-state index in [-0.39, 0.29) is 29.6 Å². The first kappa shape index (κ1) is 23.0. The van der Waals surface area contributed by atoms with E-state index in [1.54, 1.807) is 0 Å². The lowest BCUT2D eigenvalue weighted by molar-refractivity contribution is 0.0622. The molecule has 0 bridgehead atoms. The Bertz CT molecular complexity index is 1290. The summed E-state index contributed by atoms with van der Waals surface area (Å²) in [4.78, 5) is 35.4. The van der Waals surface area contributed by atoms with Gasteiger partial charge in [-0.05, 0) is 54.8 Å². The lowest BCUT2D eigenvalue weighted by atomic mass is 9.63. The van der Waals surface area contributed by atoms with Gasteiger partial charge in [-0.3, -0.25) is 14.5 Å². The molecule has 0 aromatic heterocycles. The van der Waals surface area contributed by atoms with Crippen molar-refractivity contribution in [3.8, 4) is 0 Å². The van der Waals surface area contributed by atoms with Crippen LogP contribution in [0.4, 0.5) is 11.4 Å². The Morgan fingerprint density at radius 2 is 1.22 bits per heavy atom. The number of Topliss-reactive ketones (excluding diaryl/α,β-unsaturated/α-hetero) is 2. The summed E-state index contributed by atoms with van der Waals surface area (Å²) in [6.07, 6.45) is 1.87. The molecule has 0 unspecified atom stereocenters. The summed E-state index contributed by atoms with van der Waals surface area (Å²) in [5.74, 6) is -0.236. The van der Waals surface area contributed by atoms with Gasteiger partial charge in [0.2, 0.25) is 0 Å². The maximum atomic E-state index is 14.4. The van der Waals surface area contributed by atoms with E-state index in [1.807, 2.05) is 52.5 Å². The molecule has 3 atom stereocenters. The van der Waals surface area contributed by atoms with E-state index in [9.17, 15) is 9.59 Å². The van der Waals surface area contributed by atoms with Crippen molar-refractivity contribution in [2.24, 2.45) is 5.41 Å². The first-order chi connectivity index (χ1) is 17.4. The minimum absolute atomic E-state index is 0.00842. The second-order valence-electron chi connectivity index (χ2n) is 10.9. The maximum absolute atomic E-state index is 14.4. The Labute approximate surface area is 213 Å². The summed E-state index contributed by atoms with van der Waals surface area (Å²) in [7, 11) is 8.13. The number of fused-ring (bicyclic) bond motifs is 3. The minimum Gasteiger partial charge on any atom is -0.378 e. The average Bonchev–Trinajstić information content (AvgIpc) is 3.53. The number of carbonyl (C=O) groups excluding carboxylic acids is 2. The molecule has 5 nitrogen and oxygen atoms in total. The van der Waals surface area contributed by atoms with Crippen molar-refractivity contribution in [3.05, 3.63) is 95.1 Å². The third kappa shape index (κ3) is 3.05. The second-order valence-corrected chi connectivity index (χ2v) is 10.9. The van der Waals surface area contributed by atoms with E-state index < -0.39 is 5.41 Å². The Balaban J connectivity index is 1.57. The molecule has 2 aliphatic heterocycles. The largest absolute Gasteiger partial charge is 0.378 e. The van der Waals surface area contributed by atoms with Crippen LogP contribution in [0.25, 0.3) is 0 Å². The highest BCUT2D eigenvalue weighted by Crippen LogP contribution is 2.64. The summed E-state index contributed by atoms with van der Waals surface area (Å²) in [6.45, 7) is 0.899. The summed E-state index contributed by atoms with van der Waals surface area (Å²) in [5, 5.41) is 0. The standard InChI is InChI=1S/C31H33N3O2/c1-32(2)22-15-11-20(12-16-22)27-28(21-13-17-23(18-14-21)33(3)4)34-19-7-10-26(34)31(27)29(35)24-8-5-6-9-25(24)30(31)36/h5-6,8-9,11-18,26-28H,7,10,19H2,1-4H3/t26-,27+,28-/m1/s1. The lowest BCUT2D eigenvalue weighted by Gasteiger charge is -2.34. The quantitative estimate of drug-likeness (QED) is 0.482. The van der Waals surface area contributed by atoms with Crippen LogP contribution < -0.4 is 9.80 Å². The fourth-order valence-corrected chi connectivity index (χ4v) is 7.05. The fourth-order valence-electron chi connectivity index (χ4n) is 7.05. The Kier molecular flexibility index (Phi) is 5.31. The second kappa shape index (κ2) is 8.31. The summed E-state index contributed by atoms with van der Waals surface area (Å²) < 4.78 is 0. The summed E-state index contributed by atoms with van der Waals surface area (Å²) >= 11 is 0. The van der Waals surface area contributed by atoms with E-state index in [2.05, 4.69) is 63.2 Å². The number of hydrogen-bond acceptors (Lipinski definition) is 5. The van der Waals surface area contributed by atoms with E-state index in [0.29, 0.717) is 11.1 Å². The van der Waals surface area contributed by atoms with Crippen molar-refractivity contribution in [1.29, 1.82) is 0 Å². The zero-order chi connectivity index (χ0) is 25.2. The molecular formula is C31H33N3O2. The number of benzene rings is 3. The SMILES string of the molecule is CN(C)c1ccc([C@@H]2[C@H](c3ccc(N(C)C)cc3)C3(C(=O)c4ccccc4C3=O)[C@H]3CCCN23)cc1. The van der Waals surface area contributed by atoms with Gasteiger partial charge in [0.1, 0.15) is 5.41 Å². The van der Waals surface area contributed by atoms with E-state index >= 15 is 0 Å². The number of nitrogens with zero attached hydrogens (tertiary/aromatic N) is 3. The fraction of sp³-hybridized carbons (Fsp3) is 0.355. The molecule has 2 fully saturated rings. The van der Waals surface area contributed by atoms with Crippen LogP contribution in [0.2, 0.25) is 0 Å². The minimum atomic E-state index is -1.09. The van der Waals surface area contributed by atoms with Crippen LogP contribution in [0.5, 0.6) is 0 Å². The molecule has 0 amide bonds. The van der Waals surface area contributed by atoms with Crippen LogP contribution in [0, 0.1) is 5.41 Å². The number of carbonyl (C=O) groups is 2. The van der Waals surface area contributed by atoms with E-state index in [1.165, 1.54) is 5.56 Å². The molecule has 2 saturated heterocycles. The molecule has 184 valence electrons. The van der Waals surface area contributed by atoms with Gasteiger partial charge in [0.05, 0.1) is 0 Å². The van der Waals surface area contributed by atoms with Gasteiger partial charge in [0, 0.05) is 68.7 Å². The molecule has 6 rings (SSSR count). The predicted octanol–water partition coefficient (Wildman–Crippen LogP) is 5.19. The number of ketones is 2. The van der Waals surface area contributed by atoms with Crippen molar-refractivity contribution in [3.63, 3.8) is 0 Å². The van der Waals surface area contributed by atoms with Crippen molar-refractivity contribution >= 4 is 22.9 Å². The molecule has 1 spiro atoms. The molecule has 0 radical (unpaired) electrons. The smallest absolute Gasteiger partial charge is 0.179 e. The van der Waals surface area contributed by atoms with Crippen molar-refractivity contribution in [2.75, 3.05) is 44.5 Å². The van der Waals surface area contributed by atoms with Gasteiger partial charge in [-0.25, -0.2) is 0 Å². The highest BCUT2D eigenvalue weighted by atomic mass is 16.2. The van der Waals surface area contributed by atoms with E-state index in [4.69, 9.17) is 0 Å². The number of rotatable bonds is 4. The summed E-state index contributed by atoms with van der Waals surface area (Å²) in [5.41, 5.74) is 4.56. The molecule has 0 N–H and O–H groups in total. The van der Waals surface area contributed by atoms with Gasteiger partial charge in [-0.15, -0.1) is 0 Å². The highest BCUT2D eigenvalue weighted by molar-refractivity contribution is 6.31. The topological polar surface area (TPSA) is 43.9 Å². The van der Waals surface area contributed by atoms with Gasteiger partial charge in [-0.2, -0.15) is 0 Å². The van der Waals surface area contributed by atoms with Crippen LogP contribution in [0.15, 0.2) is 72.8 Å². The van der Waals surface area contributed by atoms with Crippen molar-refractivity contribution < 1.29 is 9.59 Å². The first-order valence-electron chi connectivity index (χ1n) is 12.8. The van der Waals surface area contributed by atoms with Crippen LogP contribution in [-0.4, -0.2) is 57.2 Å². The van der Waals surface area contributed by atoms with Crippen LogP contribution in [-0.2, 0) is 0 Å². The molecular weight excluding hydrogens is 446 g/mol. The van der Waals surface area contributed by atoms with Gasteiger partial charge < -0.3 is 9.80 Å². The Hall–Kier alpha value is -3.44. The monoisotopic (exact) mass is 479 g/mol. The van der Waals surface area contributed by atoms with Gasteiger partial charge in [-0.1, -0.05) is 48.5 Å². The highest BCUT2D eigenvalue weighted by Gasteiger charge is 2.70. The zero-order valence-electron chi connectivity index (χ0n) is 21.4. The van der Waals surface area contributed by atoms with Gasteiger partial charge >= 0.3 is 0 Å². The van der Waals surface area contributed by atoms with Gasteiger partial charge in [0.15, 0.2) is 11.6 Å². The third-order valence-corrected chi connectivity index (χ3v) is 8.67. The molecule has 3 aromatic rings. The predicted molar refractivity (Wildman–Crippen MR) is 144 cm³/mol. The first-order valence-corrected chi connectivity index (χ1v) is 12.8. The van der Waals surface area contributed by atoms with Crippen molar-refractivity contribution in [2.45, 2.75) is 30.8 Å². The molecule has 3 aromatic carbocycles. The Morgan fingerprint density at radius 1 is 0.722 bits per heavy atom. The molecule has 1 aliphatic carbocycles. The number of hydrogen-bond donors (Lipinski definition) is 0. The number of anilines is 2. The maximum Gasteiger partial charge on any atom is 0.179 e. The van der Waals surface area contributed by atoms with Crippen LogP contribution in [0.1, 0.15) is 56.6 Å².